The first kappa shape index (κ1) is 8.57. The molecule has 0 amide bonds. The quantitative estimate of drug-likeness (QED) is 0.708. The Bertz CT molecular complexity index is 320. The number of hydrogen-bond acceptors (Lipinski definition) is 2. The molecule has 2 nitrogen and oxygen atoms in total. The van der Waals surface area contributed by atoms with Crippen LogP contribution in [-0.2, 0) is 6.42 Å². The lowest BCUT2D eigenvalue weighted by Crippen LogP contribution is -2.17. The average Bonchev–Trinajstić information content (AvgIpc) is 2.48. The topological polar surface area (TPSA) is 23.5 Å². The van der Waals surface area contributed by atoms with Gasteiger partial charge in [0.15, 0.2) is 0 Å². The molecule has 1 N–H and O–H groups in total. The monoisotopic (exact) mass is 177 g/mol. The van der Waals surface area contributed by atoms with E-state index in [2.05, 4.69) is 25.1 Å². The molecule has 0 saturated carbocycles. The number of phenols is 1. The minimum absolute atomic E-state index is 0.460. The molecule has 0 bridgehead atoms. The summed E-state index contributed by atoms with van der Waals surface area (Å²) in [5.41, 5.74) is 2.44. The number of fused-ring (bicyclic) bond motifs is 1. The third kappa shape index (κ3) is 1.31. The lowest BCUT2D eigenvalue weighted by Gasteiger charge is -2.19. The van der Waals surface area contributed by atoms with Crippen LogP contribution >= 0.6 is 0 Å². The Labute approximate surface area is 78.8 Å². The fraction of sp³-hybridized carbons (Fsp3) is 0.455. The van der Waals surface area contributed by atoms with Crippen LogP contribution in [0.25, 0.3) is 0 Å². The smallest absolute Gasteiger partial charge is 0.119 e. The van der Waals surface area contributed by atoms with Gasteiger partial charge >= 0.3 is 0 Å². The van der Waals surface area contributed by atoms with Crippen molar-refractivity contribution in [2.24, 2.45) is 0 Å². The maximum absolute atomic E-state index is 9.61. The highest BCUT2D eigenvalue weighted by molar-refractivity contribution is 5.44. The predicted octanol–water partition coefficient (Wildman–Crippen LogP) is 1.94. The Morgan fingerprint density at radius 1 is 1.38 bits per heavy atom. The molecule has 2 heteroatoms. The summed E-state index contributed by atoms with van der Waals surface area (Å²) >= 11 is 0. The summed E-state index contributed by atoms with van der Waals surface area (Å²) in [5.74, 6) is 0.460. The lowest BCUT2D eigenvalue weighted by atomic mass is 10.1. The minimum Gasteiger partial charge on any atom is -0.508 e. The highest BCUT2D eigenvalue weighted by Gasteiger charge is 2.25. The van der Waals surface area contributed by atoms with Gasteiger partial charge in [-0.25, -0.2) is 0 Å². The summed E-state index contributed by atoms with van der Waals surface area (Å²) in [6, 6.07) is 6.31. The van der Waals surface area contributed by atoms with Crippen molar-refractivity contribution in [3.05, 3.63) is 29.3 Å². The molecule has 0 unspecified atom stereocenters. The number of hydrogen-bond donors (Lipinski definition) is 1. The van der Waals surface area contributed by atoms with Crippen LogP contribution in [0.2, 0.25) is 0 Å². The maximum atomic E-state index is 9.61. The van der Waals surface area contributed by atoms with Crippen molar-refractivity contribution in [3.63, 3.8) is 0 Å². The van der Waals surface area contributed by atoms with Crippen LogP contribution in [0.3, 0.4) is 0 Å². The SMILES string of the molecule is CN(C)[C@H]1CCc2c(O)cccc21. The molecule has 0 fully saturated rings. The second kappa shape index (κ2) is 3.04. The fourth-order valence-electron chi connectivity index (χ4n) is 2.15. The minimum atomic E-state index is 0.460. The standard InChI is InChI=1S/C11H15NO/c1-12(2)10-7-6-9-8(10)4-3-5-11(9)13/h3-5,10,13H,6-7H2,1-2H3/t10-/m0/s1. The summed E-state index contributed by atoms with van der Waals surface area (Å²) in [4.78, 5) is 2.21. The van der Waals surface area contributed by atoms with E-state index < -0.39 is 0 Å². The van der Waals surface area contributed by atoms with Gasteiger partial charge in [-0.2, -0.15) is 0 Å². The van der Waals surface area contributed by atoms with Gasteiger partial charge in [-0.05, 0) is 44.1 Å². The van der Waals surface area contributed by atoms with E-state index in [1.807, 2.05) is 6.07 Å². The Morgan fingerprint density at radius 2 is 2.15 bits per heavy atom. The zero-order chi connectivity index (χ0) is 9.42. The summed E-state index contributed by atoms with van der Waals surface area (Å²) in [6.07, 6.45) is 2.13. The van der Waals surface area contributed by atoms with Crippen LogP contribution < -0.4 is 0 Å². The van der Waals surface area contributed by atoms with Crippen molar-refractivity contribution in [3.8, 4) is 5.75 Å². The van der Waals surface area contributed by atoms with E-state index in [1.165, 1.54) is 5.56 Å². The number of rotatable bonds is 1. The first-order valence-electron chi connectivity index (χ1n) is 4.67. The van der Waals surface area contributed by atoms with Crippen molar-refractivity contribution in [1.29, 1.82) is 0 Å². The average molecular weight is 177 g/mol. The van der Waals surface area contributed by atoms with Crippen LogP contribution in [0.1, 0.15) is 23.6 Å². The van der Waals surface area contributed by atoms with E-state index in [0.717, 1.165) is 18.4 Å². The molecule has 1 aromatic rings. The molecule has 13 heavy (non-hydrogen) atoms. The predicted molar refractivity (Wildman–Crippen MR) is 52.9 cm³/mol. The summed E-state index contributed by atoms with van der Waals surface area (Å²) in [6.45, 7) is 0. The molecule has 1 aliphatic carbocycles. The number of aromatic hydroxyl groups is 1. The van der Waals surface area contributed by atoms with Crippen LogP contribution in [-0.4, -0.2) is 24.1 Å². The van der Waals surface area contributed by atoms with Crippen LogP contribution in [0, 0.1) is 0 Å². The molecule has 1 atom stereocenters. The molecule has 1 aliphatic rings. The van der Waals surface area contributed by atoms with Gasteiger partial charge < -0.3 is 10.0 Å². The summed E-state index contributed by atoms with van der Waals surface area (Å²) < 4.78 is 0. The van der Waals surface area contributed by atoms with Gasteiger partial charge in [0.05, 0.1) is 0 Å². The number of benzene rings is 1. The summed E-state index contributed by atoms with van der Waals surface area (Å²) in [5, 5.41) is 9.61. The van der Waals surface area contributed by atoms with Gasteiger partial charge in [0.1, 0.15) is 5.75 Å². The van der Waals surface area contributed by atoms with E-state index in [0.29, 0.717) is 11.8 Å². The van der Waals surface area contributed by atoms with E-state index in [4.69, 9.17) is 0 Å². The number of phenolic OH excluding ortho intramolecular Hbond substituents is 1. The van der Waals surface area contributed by atoms with Gasteiger partial charge in [-0.15, -0.1) is 0 Å². The first-order valence-corrected chi connectivity index (χ1v) is 4.67. The molecule has 2 rings (SSSR count). The van der Waals surface area contributed by atoms with Crippen molar-refractivity contribution in [2.45, 2.75) is 18.9 Å². The van der Waals surface area contributed by atoms with E-state index in [-0.39, 0.29) is 0 Å². The largest absolute Gasteiger partial charge is 0.508 e. The van der Waals surface area contributed by atoms with Gasteiger partial charge in [0.25, 0.3) is 0 Å². The second-order valence-electron chi connectivity index (χ2n) is 3.86. The Morgan fingerprint density at radius 3 is 2.85 bits per heavy atom. The Hall–Kier alpha value is -1.02. The first-order chi connectivity index (χ1) is 6.20. The second-order valence-corrected chi connectivity index (χ2v) is 3.86. The molecule has 0 heterocycles. The Balaban J connectivity index is 2.43. The molecule has 0 radical (unpaired) electrons. The highest BCUT2D eigenvalue weighted by atomic mass is 16.3. The molecular weight excluding hydrogens is 162 g/mol. The Kier molecular flexibility index (Phi) is 2.00. The zero-order valence-corrected chi connectivity index (χ0v) is 8.12. The molecule has 0 spiro atoms. The normalized spacial score (nSPS) is 20.7. The van der Waals surface area contributed by atoms with Crippen molar-refractivity contribution in [1.82, 2.24) is 4.90 Å². The van der Waals surface area contributed by atoms with Crippen molar-refractivity contribution < 1.29 is 5.11 Å². The third-order valence-electron chi connectivity index (χ3n) is 2.84. The third-order valence-corrected chi connectivity index (χ3v) is 2.84. The molecule has 0 saturated heterocycles. The number of nitrogens with zero attached hydrogens (tertiary/aromatic N) is 1. The molecular formula is C11H15NO. The van der Waals surface area contributed by atoms with Gasteiger partial charge in [0.2, 0.25) is 0 Å². The zero-order valence-electron chi connectivity index (χ0n) is 8.12. The van der Waals surface area contributed by atoms with Crippen LogP contribution in [0.5, 0.6) is 5.75 Å². The van der Waals surface area contributed by atoms with Crippen molar-refractivity contribution in [2.75, 3.05) is 14.1 Å². The fourth-order valence-corrected chi connectivity index (χ4v) is 2.15. The molecule has 0 aromatic heterocycles. The molecule has 70 valence electrons. The molecule has 1 aromatic carbocycles. The summed E-state index contributed by atoms with van der Waals surface area (Å²) in [7, 11) is 4.17. The van der Waals surface area contributed by atoms with Crippen LogP contribution in [0.4, 0.5) is 0 Å². The van der Waals surface area contributed by atoms with Crippen molar-refractivity contribution >= 4 is 0 Å². The maximum Gasteiger partial charge on any atom is 0.119 e. The highest BCUT2D eigenvalue weighted by Crippen LogP contribution is 2.38. The van der Waals surface area contributed by atoms with E-state index >= 15 is 0 Å². The van der Waals surface area contributed by atoms with Crippen LogP contribution in [0.15, 0.2) is 18.2 Å². The van der Waals surface area contributed by atoms with E-state index in [9.17, 15) is 5.11 Å². The van der Waals surface area contributed by atoms with E-state index in [1.54, 1.807) is 6.07 Å². The van der Waals surface area contributed by atoms with Gasteiger partial charge in [-0.1, -0.05) is 12.1 Å². The van der Waals surface area contributed by atoms with Gasteiger partial charge in [0, 0.05) is 6.04 Å². The molecule has 0 aliphatic heterocycles. The lowest BCUT2D eigenvalue weighted by molar-refractivity contribution is 0.299. The van der Waals surface area contributed by atoms with Gasteiger partial charge in [-0.3, -0.25) is 0 Å².